The summed E-state index contributed by atoms with van der Waals surface area (Å²) < 4.78 is 29.3. The van der Waals surface area contributed by atoms with Crippen molar-refractivity contribution in [1.29, 1.82) is 0 Å². The summed E-state index contributed by atoms with van der Waals surface area (Å²) in [5.74, 6) is -0.384. The summed E-state index contributed by atoms with van der Waals surface area (Å²) in [5, 5.41) is 6.69. The molecule has 0 spiro atoms. The fraction of sp³-hybridized carbons (Fsp3) is 0.364. The molecule has 0 radical (unpaired) electrons. The molecule has 4 rings (SSSR count). The van der Waals surface area contributed by atoms with Crippen LogP contribution in [-0.2, 0) is 6.54 Å². The van der Waals surface area contributed by atoms with Crippen LogP contribution in [0, 0.1) is 18.6 Å². The molecule has 0 bridgehead atoms. The molecule has 9 heteroatoms. The van der Waals surface area contributed by atoms with Gasteiger partial charge in [0.15, 0.2) is 5.96 Å². The molecule has 3 heterocycles. The van der Waals surface area contributed by atoms with E-state index < -0.39 is 11.6 Å². The molecule has 1 unspecified atom stereocenters. The van der Waals surface area contributed by atoms with Gasteiger partial charge in [0.25, 0.3) is 0 Å². The van der Waals surface area contributed by atoms with Crippen LogP contribution in [-0.4, -0.2) is 41.0 Å². The van der Waals surface area contributed by atoms with Crippen molar-refractivity contribution in [3.05, 3.63) is 65.6 Å². The third kappa shape index (κ3) is 5.44. The number of fused-ring (bicyclic) bond motifs is 1. The Balaban J connectivity index is 0.00000272. The number of anilines is 1. The second-order valence-corrected chi connectivity index (χ2v) is 7.49. The lowest BCUT2D eigenvalue weighted by atomic mass is 10.2. The first-order valence-electron chi connectivity index (χ1n) is 10.2. The zero-order valence-corrected chi connectivity index (χ0v) is 19.9. The predicted molar refractivity (Wildman–Crippen MR) is 130 cm³/mol. The average Bonchev–Trinajstić information content (AvgIpc) is 3.34. The van der Waals surface area contributed by atoms with E-state index in [1.54, 1.807) is 0 Å². The second-order valence-electron chi connectivity index (χ2n) is 7.49. The number of aromatic nitrogens is 2. The van der Waals surface area contributed by atoms with E-state index in [0.717, 1.165) is 36.1 Å². The summed E-state index contributed by atoms with van der Waals surface area (Å²) in [5.41, 5.74) is 3.36. The van der Waals surface area contributed by atoms with E-state index >= 15 is 0 Å². The van der Waals surface area contributed by atoms with Crippen LogP contribution in [0.25, 0.3) is 5.65 Å². The number of imidazole rings is 1. The smallest absolute Gasteiger partial charge is 0.191 e. The van der Waals surface area contributed by atoms with Crippen LogP contribution < -0.4 is 15.5 Å². The van der Waals surface area contributed by atoms with Gasteiger partial charge in [0, 0.05) is 43.6 Å². The molecule has 31 heavy (non-hydrogen) atoms. The summed E-state index contributed by atoms with van der Waals surface area (Å²) >= 11 is 0. The highest BCUT2D eigenvalue weighted by molar-refractivity contribution is 14.0. The van der Waals surface area contributed by atoms with Gasteiger partial charge in [-0.1, -0.05) is 6.07 Å². The van der Waals surface area contributed by atoms with Crippen LogP contribution in [0.3, 0.4) is 0 Å². The molecule has 166 valence electrons. The Labute approximate surface area is 197 Å². The summed E-state index contributed by atoms with van der Waals surface area (Å²) in [6, 6.07) is 9.85. The van der Waals surface area contributed by atoms with Gasteiger partial charge in [-0.25, -0.2) is 18.8 Å². The second kappa shape index (κ2) is 10.3. The Morgan fingerprint density at radius 1 is 1.26 bits per heavy atom. The molecule has 0 aliphatic carbocycles. The van der Waals surface area contributed by atoms with Gasteiger partial charge < -0.3 is 19.9 Å². The molecule has 6 nitrogen and oxygen atoms in total. The van der Waals surface area contributed by atoms with Crippen molar-refractivity contribution >= 4 is 41.3 Å². The number of benzene rings is 1. The van der Waals surface area contributed by atoms with Crippen molar-refractivity contribution in [2.24, 2.45) is 4.99 Å². The first kappa shape index (κ1) is 23.2. The fourth-order valence-electron chi connectivity index (χ4n) is 3.78. The summed E-state index contributed by atoms with van der Waals surface area (Å²) in [4.78, 5) is 11.2. The van der Waals surface area contributed by atoms with E-state index in [1.165, 1.54) is 12.1 Å². The van der Waals surface area contributed by atoms with Crippen molar-refractivity contribution in [3.63, 3.8) is 0 Å². The number of hydrogen-bond donors (Lipinski definition) is 2. The van der Waals surface area contributed by atoms with E-state index in [2.05, 4.69) is 25.0 Å². The molecule has 0 amide bonds. The molecule has 0 saturated carbocycles. The summed E-state index contributed by atoms with van der Waals surface area (Å²) in [7, 11) is 0. The lowest BCUT2D eigenvalue weighted by molar-refractivity contribution is 0.580. The van der Waals surface area contributed by atoms with Crippen molar-refractivity contribution in [1.82, 2.24) is 20.0 Å². The third-order valence-corrected chi connectivity index (χ3v) is 5.27. The number of halogens is 3. The minimum Gasteiger partial charge on any atom is -0.367 e. The van der Waals surface area contributed by atoms with Crippen LogP contribution in [0.1, 0.15) is 24.7 Å². The zero-order valence-electron chi connectivity index (χ0n) is 17.6. The number of aliphatic imine (C=N–C) groups is 1. The molecule has 1 aromatic carbocycles. The Morgan fingerprint density at radius 3 is 2.84 bits per heavy atom. The van der Waals surface area contributed by atoms with Gasteiger partial charge in [0.2, 0.25) is 0 Å². The number of pyridine rings is 1. The van der Waals surface area contributed by atoms with Crippen molar-refractivity contribution in [2.45, 2.75) is 32.9 Å². The van der Waals surface area contributed by atoms with E-state index in [0.29, 0.717) is 31.3 Å². The van der Waals surface area contributed by atoms with E-state index in [1.807, 2.05) is 43.1 Å². The van der Waals surface area contributed by atoms with Crippen LogP contribution >= 0.6 is 24.0 Å². The molecule has 1 aliphatic heterocycles. The minimum atomic E-state index is -0.561. The maximum Gasteiger partial charge on any atom is 0.191 e. The maximum absolute atomic E-state index is 14.1. The van der Waals surface area contributed by atoms with Gasteiger partial charge in [-0.05, 0) is 44.5 Å². The van der Waals surface area contributed by atoms with Gasteiger partial charge in [-0.15, -0.1) is 24.0 Å². The predicted octanol–water partition coefficient (Wildman–Crippen LogP) is 3.87. The molecule has 1 atom stereocenters. The number of nitrogens with zero attached hydrogens (tertiary/aromatic N) is 4. The molecular formula is C22H27F2IN6. The largest absolute Gasteiger partial charge is 0.367 e. The van der Waals surface area contributed by atoms with Gasteiger partial charge in [0.05, 0.1) is 17.9 Å². The first-order valence-corrected chi connectivity index (χ1v) is 10.2. The van der Waals surface area contributed by atoms with Crippen LogP contribution in [0.2, 0.25) is 0 Å². The Bertz CT molecular complexity index is 1070. The normalized spacial score (nSPS) is 16.5. The van der Waals surface area contributed by atoms with Crippen molar-refractivity contribution in [3.8, 4) is 0 Å². The van der Waals surface area contributed by atoms with Gasteiger partial charge >= 0.3 is 0 Å². The van der Waals surface area contributed by atoms with E-state index in [9.17, 15) is 8.78 Å². The van der Waals surface area contributed by atoms with Crippen LogP contribution in [0.4, 0.5) is 14.5 Å². The van der Waals surface area contributed by atoms with E-state index in [-0.39, 0.29) is 30.0 Å². The maximum atomic E-state index is 14.1. The molecule has 1 aliphatic rings. The number of rotatable bonds is 5. The fourth-order valence-corrected chi connectivity index (χ4v) is 3.78. The summed E-state index contributed by atoms with van der Waals surface area (Å²) in [6.07, 6.45) is 2.85. The van der Waals surface area contributed by atoms with Gasteiger partial charge in [-0.2, -0.15) is 0 Å². The average molecular weight is 540 g/mol. The molecule has 2 aromatic heterocycles. The third-order valence-electron chi connectivity index (χ3n) is 5.27. The standard InChI is InChI=1S/C22H26F2N6.HI/c1-3-25-22(26-12-18-14-30-15(2)5-4-6-21(30)27-18)28-17-9-10-29(13-17)20-8-7-16(23)11-19(20)24;/h4-8,11,14,17H,3,9-10,12-13H2,1-2H3,(H2,25,26,28);1H. The van der Waals surface area contributed by atoms with Crippen molar-refractivity contribution < 1.29 is 8.78 Å². The van der Waals surface area contributed by atoms with Crippen LogP contribution in [0.15, 0.2) is 47.6 Å². The number of hydrogen-bond acceptors (Lipinski definition) is 3. The van der Waals surface area contributed by atoms with E-state index in [4.69, 9.17) is 0 Å². The highest BCUT2D eigenvalue weighted by atomic mass is 127. The monoisotopic (exact) mass is 540 g/mol. The Kier molecular flexibility index (Phi) is 7.69. The lowest BCUT2D eigenvalue weighted by Gasteiger charge is -2.21. The lowest BCUT2D eigenvalue weighted by Crippen LogP contribution is -2.44. The topological polar surface area (TPSA) is 57.0 Å². The molecule has 1 fully saturated rings. The van der Waals surface area contributed by atoms with Crippen molar-refractivity contribution in [2.75, 3.05) is 24.5 Å². The van der Waals surface area contributed by atoms with Gasteiger partial charge in [-0.3, -0.25) is 0 Å². The first-order chi connectivity index (χ1) is 14.5. The number of nitrogens with one attached hydrogen (secondary N) is 2. The highest BCUT2D eigenvalue weighted by Gasteiger charge is 2.25. The quantitative estimate of drug-likeness (QED) is 0.293. The molecule has 1 saturated heterocycles. The zero-order chi connectivity index (χ0) is 21.1. The SMILES string of the molecule is CCNC(=NCc1cn2c(C)cccc2n1)NC1CCN(c2ccc(F)cc2F)C1.I. The number of aryl methyl sites for hydroxylation is 1. The number of guanidine groups is 1. The van der Waals surface area contributed by atoms with Gasteiger partial charge in [0.1, 0.15) is 17.3 Å². The highest BCUT2D eigenvalue weighted by Crippen LogP contribution is 2.24. The van der Waals surface area contributed by atoms with Crippen LogP contribution in [0.5, 0.6) is 0 Å². The summed E-state index contributed by atoms with van der Waals surface area (Å²) in [6.45, 7) is 6.58. The molecular weight excluding hydrogens is 513 g/mol. The molecule has 3 aromatic rings. The Hall–Kier alpha value is -2.43. The molecule has 2 N–H and O–H groups in total. The Morgan fingerprint density at radius 2 is 2.10 bits per heavy atom. The minimum absolute atomic E-state index is 0.